The van der Waals surface area contributed by atoms with E-state index >= 15 is 0 Å². The maximum absolute atomic E-state index is 13.6. The van der Waals surface area contributed by atoms with E-state index in [9.17, 15) is 19.7 Å². The fraction of sp³-hybridized carbons (Fsp3) is 0.333. The summed E-state index contributed by atoms with van der Waals surface area (Å²) >= 11 is 6.04. The van der Waals surface area contributed by atoms with Crippen LogP contribution in [0.3, 0.4) is 0 Å². The number of halogens is 1. The number of ether oxygens (including phenoxy) is 2. The first-order chi connectivity index (χ1) is 17.3. The number of ketones is 1. The monoisotopic (exact) mass is 510 g/mol. The highest BCUT2D eigenvalue weighted by Crippen LogP contribution is 2.46. The Bertz CT molecular complexity index is 1230. The van der Waals surface area contributed by atoms with Crippen LogP contribution in [-0.2, 0) is 19.1 Å². The molecule has 0 aromatic heterocycles. The predicted molar refractivity (Wildman–Crippen MR) is 135 cm³/mol. The van der Waals surface area contributed by atoms with Crippen molar-refractivity contribution in [3.63, 3.8) is 0 Å². The molecule has 8 nitrogen and oxygen atoms in total. The third-order valence-corrected chi connectivity index (χ3v) is 6.74. The minimum atomic E-state index is -0.694. The van der Waals surface area contributed by atoms with Gasteiger partial charge in [-0.15, -0.1) is 0 Å². The zero-order valence-corrected chi connectivity index (χ0v) is 20.8. The molecule has 188 valence electrons. The number of non-ortho nitro benzene ring substituents is 1. The average molecular weight is 511 g/mol. The summed E-state index contributed by atoms with van der Waals surface area (Å²) in [5.74, 6) is -1.37. The predicted octanol–water partition coefficient (Wildman–Crippen LogP) is 5.19. The lowest BCUT2D eigenvalue weighted by Crippen LogP contribution is -2.36. The zero-order chi connectivity index (χ0) is 25.8. The summed E-state index contributed by atoms with van der Waals surface area (Å²) in [6.45, 7) is 4.47. The second-order valence-electron chi connectivity index (χ2n) is 8.75. The number of hydrogen-bond acceptors (Lipinski definition) is 7. The minimum absolute atomic E-state index is 0.0361. The lowest BCUT2D eigenvalue weighted by atomic mass is 9.71. The standard InChI is InChI=1S/C27H27ClN2O6/c1-3-35-12-13-36-27(32)24-16(2)29-22-14-19(17-4-8-20(28)9-5-17)15-23(31)26(22)25(24)18-6-10-21(11-7-18)30(33)34/h4-11,19,25,29H,3,12-15H2,1-2H3/t19-,25-/m0/s1. The van der Waals surface area contributed by atoms with Gasteiger partial charge in [-0.1, -0.05) is 35.9 Å². The highest BCUT2D eigenvalue weighted by Gasteiger charge is 2.41. The van der Waals surface area contributed by atoms with Gasteiger partial charge in [0.25, 0.3) is 5.69 Å². The molecule has 0 fully saturated rings. The van der Waals surface area contributed by atoms with Crippen molar-refractivity contribution >= 4 is 29.0 Å². The van der Waals surface area contributed by atoms with E-state index in [1.807, 2.05) is 19.1 Å². The van der Waals surface area contributed by atoms with E-state index in [0.29, 0.717) is 40.5 Å². The van der Waals surface area contributed by atoms with Crippen LogP contribution in [0.5, 0.6) is 0 Å². The maximum atomic E-state index is 13.6. The number of nitrogens with one attached hydrogen (secondary N) is 1. The molecule has 1 N–H and O–H groups in total. The fourth-order valence-electron chi connectivity index (χ4n) is 4.82. The summed E-state index contributed by atoms with van der Waals surface area (Å²) in [6, 6.07) is 13.4. The van der Waals surface area contributed by atoms with Crippen molar-refractivity contribution < 1.29 is 24.0 Å². The van der Waals surface area contributed by atoms with Crippen molar-refractivity contribution in [2.24, 2.45) is 0 Å². The number of esters is 1. The summed E-state index contributed by atoms with van der Waals surface area (Å²) in [5, 5.41) is 15.1. The van der Waals surface area contributed by atoms with Crippen LogP contribution in [0.15, 0.2) is 71.1 Å². The molecule has 0 unspecified atom stereocenters. The number of carbonyl (C=O) groups is 2. The van der Waals surface area contributed by atoms with Gasteiger partial charge >= 0.3 is 5.97 Å². The first-order valence-corrected chi connectivity index (χ1v) is 12.2. The van der Waals surface area contributed by atoms with E-state index in [0.717, 1.165) is 11.3 Å². The number of rotatable bonds is 8. The Morgan fingerprint density at radius 3 is 2.39 bits per heavy atom. The van der Waals surface area contributed by atoms with Crippen LogP contribution < -0.4 is 5.32 Å². The SMILES string of the molecule is CCOCCOC(=O)C1=C(C)NC2=C(C(=O)C[C@@H](c3ccc(Cl)cc3)C2)[C@H]1c1ccc([N+](=O)[O-])cc1. The molecule has 9 heteroatoms. The van der Waals surface area contributed by atoms with E-state index in [-0.39, 0.29) is 37.0 Å². The van der Waals surface area contributed by atoms with Crippen LogP contribution in [0.4, 0.5) is 5.69 Å². The molecule has 1 aliphatic carbocycles. The van der Waals surface area contributed by atoms with Gasteiger partial charge in [0.2, 0.25) is 0 Å². The molecule has 2 aromatic rings. The van der Waals surface area contributed by atoms with Crippen LogP contribution in [0, 0.1) is 10.1 Å². The van der Waals surface area contributed by atoms with Crippen molar-refractivity contribution in [3.05, 3.63) is 97.3 Å². The molecular formula is C27H27ClN2O6. The molecule has 0 amide bonds. The molecule has 1 heterocycles. The first-order valence-electron chi connectivity index (χ1n) is 11.8. The van der Waals surface area contributed by atoms with Crippen LogP contribution in [0.2, 0.25) is 5.02 Å². The second kappa shape index (κ2) is 11.1. The van der Waals surface area contributed by atoms with E-state index in [4.69, 9.17) is 21.1 Å². The van der Waals surface area contributed by atoms with Gasteiger partial charge < -0.3 is 14.8 Å². The van der Waals surface area contributed by atoms with Crippen molar-refractivity contribution in [1.82, 2.24) is 5.32 Å². The second-order valence-corrected chi connectivity index (χ2v) is 9.19. The maximum Gasteiger partial charge on any atom is 0.336 e. The molecule has 2 aromatic carbocycles. The summed E-state index contributed by atoms with van der Waals surface area (Å²) in [7, 11) is 0. The molecule has 0 saturated carbocycles. The molecule has 0 radical (unpaired) electrons. The van der Waals surface area contributed by atoms with Crippen LogP contribution >= 0.6 is 11.6 Å². The highest BCUT2D eigenvalue weighted by molar-refractivity contribution is 6.30. The van der Waals surface area contributed by atoms with E-state index in [1.54, 1.807) is 31.2 Å². The number of nitrogens with zero attached hydrogens (tertiary/aromatic N) is 1. The molecule has 0 saturated heterocycles. The molecule has 36 heavy (non-hydrogen) atoms. The quantitative estimate of drug-likeness (QED) is 0.225. The number of allylic oxidation sites excluding steroid dienone is 3. The van der Waals surface area contributed by atoms with Gasteiger partial charge in [0.1, 0.15) is 6.61 Å². The van der Waals surface area contributed by atoms with Gasteiger partial charge in [-0.3, -0.25) is 14.9 Å². The van der Waals surface area contributed by atoms with Gasteiger partial charge in [0.15, 0.2) is 5.78 Å². The van der Waals surface area contributed by atoms with Crippen LogP contribution in [0.1, 0.15) is 49.7 Å². The number of nitro benzene ring substituents is 1. The fourth-order valence-corrected chi connectivity index (χ4v) is 4.94. The van der Waals surface area contributed by atoms with Crippen molar-refractivity contribution in [2.45, 2.75) is 38.5 Å². The Labute approximate surface area is 214 Å². The number of benzene rings is 2. The third kappa shape index (κ3) is 5.34. The number of carbonyl (C=O) groups excluding carboxylic acids is 2. The van der Waals surface area contributed by atoms with E-state index in [1.165, 1.54) is 12.1 Å². The van der Waals surface area contributed by atoms with Crippen molar-refractivity contribution in [2.75, 3.05) is 19.8 Å². The van der Waals surface area contributed by atoms with Crippen molar-refractivity contribution in [3.8, 4) is 0 Å². The van der Waals surface area contributed by atoms with Gasteiger partial charge in [-0.25, -0.2) is 4.79 Å². The molecule has 0 spiro atoms. The van der Waals surface area contributed by atoms with Gasteiger partial charge in [0.05, 0.1) is 17.1 Å². The summed E-state index contributed by atoms with van der Waals surface area (Å²) in [6.07, 6.45) is 0.855. The van der Waals surface area contributed by atoms with E-state index < -0.39 is 16.8 Å². The third-order valence-electron chi connectivity index (χ3n) is 6.49. The summed E-state index contributed by atoms with van der Waals surface area (Å²) in [4.78, 5) is 37.5. The summed E-state index contributed by atoms with van der Waals surface area (Å²) in [5.41, 5.74) is 3.70. The molecule has 4 rings (SSSR count). The minimum Gasteiger partial charge on any atom is -0.460 e. The van der Waals surface area contributed by atoms with Gasteiger partial charge in [-0.2, -0.15) is 0 Å². The normalized spacial score (nSPS) is 19.6. The number of hydrogen-bond donors (Lipinski definition) is 1. The number of Topliss-reactive ketones (excluding diaryl/α,β-unsaturated/α-hetero) is 1. The molecular weight excluding hydrogens is 484 g/mol. The van der Waals surface area contributed by atoms with Crippen LogP contribution in [-0.4, -0.2) is 36.5 Å². The van der Waals surface area contributed by atoms with Crippen LogP contribution in [0.25, 0.3) is 0 Å². The lowest BCUT2D eigenvalue weighted by molar-refractivity contribution is -0.384. The highest BCUT2D eigenvalue weighted by atomic mass is 35.5. The molecule has 1 aliphatic heterocycles. The van der Waals surface area contributed by atoms with Crippen molar-refractivity contribution in [1.29, 1.82) is 0 Å². The van der Waals surface area contributed by atoms with Gasteiger partial charge in [-0.05, 0) is 49.4 Å². The van der Waals surface area contributed by atoms with Gasteiger partial charge in [0, 0.05) is 53.1 Å². The number of nitro groups is 1. The average Bonchev–Trinajstić information content (AvgIpc) is 2.86. The zero-order valence-electron chi connectivity index (χ0n) is 20.1. The Morgan fingerprint density at radius 1 is 1.08 bits per heavy atom. The molecule has 2 atom stereocenters. The Balaban J connectivity index is 1.72. The Morgan fingerprint density at radius 2 is 1.75 bits per heavy atom. The smallest absolute Gasteiger partial charge is 0.336 e. The number of dihydropyridines is 1. The Hall–Kier alpha value is -3.49. The summed E-state index contributed by atoms with van der Waals surface area (Å²) < 4.78 is 10.7. The Kier molecular flexibility index (Phi) is 7.86. The molecule has 0 bridgehead atoms. The molecule has 2 aliphatic rings. The lowest BCUT2D eigenvalue weighted by Gasteiger charge is -2.36. The first kappa shape index (κ1) is 25.6. The van der Waals surface area contributed by atoms with E-state index in [2.05, 4.69) is 5.32 Å². The topological polar surface area (TPSA) is 108 Å². The largest absolute Gasteiger partial charge is 0.460 e.